The van der Waals surface area contributed by atoms with Crippen molar-refractivity contribution in [2.45, 2.75) is 13.5 Å². The van der Waals surface area contributed by atoms with E-state index in [1.165, 1.54) is 0 Å². The summed E-state index contributed by atoms with van der Waals surface area (Å²) in [5.41, 5.74) is 2.55. The maximum Gasteiger partial charge on any atom is 0.200 e. The van der Waals surface area contributed by atoms with Crippen molar-refractivity contribution in [3.05, 3.63) is 79.9 Å². The van der Waals surface area contributed by atoms with E-state index in [-0.39, 0.29) is 5.78 Å². The number of aryl methyl sites for hydroxylation is 2. The van der Waals surface area contributed by atoms with E-state index in [0.29, 0.717) is 44.3 Å². The van der Waals surface area contributed by atoms with Gasteiger partial charge in [0, 0.05) is 29.2 Å². The van der Waals surface area contributed by atoms with Gasteiger partial charge in [-0.2, -0.15) is 5.10 Å². The van der Waals surface area contributed by atoms with E-state index in [4.69, 9.17) is 34.8 Å². The van der Waals surface area contributed by atoms with Gasteiger partial charge in [0.05, 0.1) is 16.3 Å². The predicted octanol–water partition coefficient (Wildman–Crippen LogP) is 5.53. The Morgan fingerprint density at radius 2 is 1.73 bits per heavy atom. The summed E-state index contributed by atoms with van der Waals surface area (Å²) in [6.45, 7) is 2.33. The minimum absolute atomic E-state index is 0.198. The highest BCUT2D eigenvalue weighted by Crippen LogP contribution is 2.28. The minimum Gasteiger partial charge on any atom is -0.366 e. The van der Waals surface area contributed by atoms with Crippen LogP contribution in [0, 0.1) is 6.92 Å². The van der Waals surface area contributed by atoms with Crippen molar-refractivity contribution in [3.63, 3.8) is 0 Å². The monoisotopic (exact) mass is 407 g/mol. The van der Waals surface area contributed by atoms with Crippen molar-refractivity contribution in [3.8, 4) is 0 Å². The smallest absolute Gasteiger partial charge is 0.200 e. The third kappa shape index (κ3) is 3.88. The molecule has 1 N–H and O–H groups in total. The molecule has 26 heavy (non-hydrogen) atoms. The number of carbonyl (C=O) groups excluding carboxylic acids is 1. The molecule has 0 saturated carbocycles. The molecule has 7 heteroatoms. The maximum absolute atomic E-state index is 13.1. The Hall–Kier alpha value is -2.01. The molecule has 3 aromatic rings. The number of anilines is 1. The second-order valence-corrected chi connectivity index (χ2v) is 7.15. The largest absolute Gasteiger partial charge is 0.366 e. The van der Waals surface area contributed by atoms with E-state index in [1.807, 2.05) is 24.3 Å². The van der Waals surface area contributed by atoms with Gasteiger partial charge in [0.2, 0.25) is 0 Å². The van der Waals surface area contributed by atoms with Crippen molar-refractivity contribution in [1.29, 1.82) is 0 Å². The topological polar surface area (TPSA) is 46.9 Å². The highest BCUT2D eigenvalue weighted by molar-refractivity contribution is 6.37. The highest BCUT2D eigenvalue weighted by Gasteiger charge is 2.23. The average Bonchev–Trinajstić information content (AvgIpc) is 2.87. The first-order valence-corrected chi connectivity index (χ1v) is 9.02. The third-order valence-corrected chi connectivity index (χ3v) is 4.80. The molecule has 0 radical (unpaired) electrons. The first-order chi connectivity index (χ1) is 12.4. The van der Waals surface area contributed by atoms with Crippen molar-refractivity contribution >= 4 is 46.4 Å². The van der Waals surface area contributed by atoms with Crippen LogP contribution in [0.1, 0.15) is 27.2 Å². The maximum atomic E-state index is 13.1. The predicted molar refractivity (Wildman–Crippen MR) is 107 cm³/mol. The van der Waals surface area contributed by atoms with Crippen LogP contribution in [-0.2, 0) is 13.6 Å². The normalized spacial score (nSPS) is 10.8. The minimum atomic E-state index is -0.198. The number of hydrogen-bond acceptors (Lipinski definition) is 3. The average molecular weight is 409 g/mol. The van der Waals surface area contributed by atoms with E-state index in [0.717, 1.165) is 5.56 Å². The number of nitrogens with one attached hydrogen (secondary N) is 1. The molecule has 4 nitrogen and oxygen atoms in total. The number of rotatable bonds is 5. The molecule has 1 aromatic heterocycles. The molecule has 1 heterocycles. The van der Waals surface area contributed by atoms with Gasteiger partial charge in [-0.05, 0) is 42.8 Å². The van der Waals surface area contributed by atoms with Gasteiger partial charge in [-0.25, -0.2) is 0 Å². The van der Waals surface area contributed by atoms with Gasteiger partial charge < -0.3 is 5.32 Å². The third-order valence-electron chi connectivity index (χ3n) is 4.00. The summed E-state index contributed by atoms with van der Waals surface area (Å²) in [4.78, 5) is 13.1. The lowest BCUT2D eigenvalue weighted by Crippen LogP contribution is -2.10. The molecule has 0 aliphatic heterocycles. The molecular formula is C19H16Cl3N3O. The summed E-state index contributed by atoms with van der Waals surface area (Å²) in [6.07, 6.45) is 0. The number of hydrogen-bond donors (Lipinski definition) is 1. The van der Waals surface area contributed by atoms with Gasteiger partial charge in [-0.15, -0.1) is 0 Å². The second kappa shape index (κ2) is 7.70. The standard InChI is InChI=1S/C19H16Cl3N3O/c1-11-17(18(26)15-8-7-14(21)9-16(15)22)19(25(2)24-11)23-10-12-3-5-13(20)6-4-12/h3-9,23H,10H2,1-2H3. The number of halogens is 3. The summed E-state index contributed by atoms with van der Waals surface area (Å²) >= 11 is 18.1. The Balaban J connectivity index is 1.92. The Labute approximate surface area is 166 Å². The first kappa shape index (κ1) is 18.8. The Kier molecular flexibility index (Phi) is 5.56. The molecule has 134 valence electrons. The second-order valence-electron chi connectivity index (χ2n) is 5.87. The number of benzene rings is 2. The van der Waals surface area contributed by atoms with E-state index in [1.54, 1.807) is 36.9 Å². The van der Waals surface area contributed by atoms with E-state index in [2.05, 4.69) is 10.4 Å². The lowest BCUT2D eigenvalue weighted by atomic mass is 10.0. The SMILES string of the molecule is Cc1nn(C)c(NCc2ccc(Cl)cc2)c1C(=O)c1ccc(Cl)cc1Cl. The van der Waals surface area contributed by atoms with Crippen molar-refractivity contribution < 1.29 is 4.79 Å². The van der Waals surface area contributed by atoms with Crippen molar-refractivity contribution in [2.24, 2.45) is 7.05 Å². The number of nitrogens with zero attached hydrogens (tertiary/aromatic N) is 2. The highest BCUT2D eigenvalue weighted by atomic mass is 35.5. The number of aromatic nitrogens is 2. The molecule has 2 aromatic carbocycles. The van der Waals surface area contributed by atoms with Gasteiger partial charge in [0.1, 0.15) is 5.82 Å². The molecule has 0 amide bonds. The van der Waals surface area contributed by atoms with Gasteiger partial charge in [-0.1, -0.05) is 46.9 Å². The number of carbonyl (C=O) groups is 1. The van der Waals surface area contributed by atoms with E-state index in [9.17, 15) is 4.79 Å². The molecule has 3 rings (SSSR count). The summed E-state index contributed by atoms with van der Waals surface area (Å²) < 4.78 is 1.66. The zero-order chi connectivity index (χ0) is 18.8. The Morgan fingerprint density at radius 1 is 1.08 bits per heavy atom. The summed E-state index contributed by atoms with van der Waals surface area (Å²) in [5.74, 6) is 0.435. The van der Waals surface area contributed by atoms with Crippen LogP contribution in [-0.4, -0.2) is 15.6 Å². The van der Waals surface area contributed by atoms with Crippen LogP contribution < -0.4 is 5.32 Å². The zero-order valence-corrected chi connectivity index (χ0v) is 16.5. The molecule has 0 spiro atoms. The van der Waals surface area contributed by atoms with Crippen LogP contribution in [0.5, 0.6) is 0 Å². The van der Waals surface area contributed by atoms with Crippen LogP contribution in [0.15, 0.2) is 42.5 Å². The van der Waals surface area contributed by atoms with Crippen LogP contribution in [0.2, 0.25) is 15.1 Å². The van der Waals surface area contributed by atoms with Crippen LogP contribution in [0.3, 0.4) is 0 Å². The fourth-order valence-corrected chi connectivity index (χ4v) is 3.35. The van der Waals surface area contributed by atoms with Crippen molar-refractivity contribution in [2.75, 3.05) is 5.32 Å². The molecule has 0 unspecified atom stereocenters. The van der Waals surface area contributed by atoms with E-state index >= 15 is 0 Å². The fourth-order valence-electron chi connectivity index (χ4n) is 2.73. The molecule has 0 atom stereocenters. The molecule has 0 fully saturated rings. The lowest BCUT2D eigenvalue weighted by Gasteiger charge is -2.10. The first-order valence-electron chi connectivity index (χ1n) is 7.88. The Bertz CT molecular complexity index is 965. The molecular weight excluding hydrogens is 393 g/mol. The van der Waals surface area contributed by atoms with Gasteiger partial charge in [-0.3, -0.25) is 9.48 Å². The molecule has 0 aliphatic rings. The van der Waals surface area contributed by atoms with Gasteiger partial charge in [0.25, 0.3) is 0 Å². The fraction of sp³-hybridized carbons (Fsp3) is 0.158. The Morgan fingerprint density at radius 3 is 2.38 bits per heavy atom. The lowest BCUT2D eigenvalue weighted by molar-refractivity contribution is 0.103. The van der Waals surface area contributed by atoms with Crippen molar-refractivity contribution in [1.82, 2.24) is 9.78 Å². The molecule has 0 aliphatic carbocycles. The van der Waals surface area contributed by atoms with Crippen LogP contribution in [0.25, 0.3) is 0 Å². The summed E-state index contributed by atoms with van der Waals surface area (Å²) in [6, 6.07) is 12.3. The summed E-state index contributed by atoms with van der Waals surface area (Å²) in [5, 5.41) is 9.14. The van der Waals surface area contributed by atoms with Crippen LogP contribution >= 0.6 is 34.8 Å². The zero-order valence-electron chi connectivity index (χ0n) is 14.2. The molecule has 0 bridgehead atoms. The number of ketones is 1. The van der Waals surface area contributed by atoms with E-state index < -0.39 is 0 Å². The quantitative estimate of drug-likeness (QED) is 0.564. The van der Waals surface area contributed by atoms with Gasteiger partial charge in [0.15, 0.2) is 5.78 Å². The van der Waals surface area contributed by atoms with Crippen LogP contribution in [0.4, 0.5) is 5.82 Å². The van der Waals surface area contributed by atoms with Gasteiger partial charge >= 0.3 is 0 Å². The summed E-state index contributed by atoms with van der Waals surface area (Å²) in [7, 11) is 1.79. The molecule has 0 saturated heterocycles.